The minimum Gasteiger partial charge on any atom is -0.395 e. The van der Waals surface area contributed by atoms with E-state index in [9.17, 15) is 4.39 Å². The largest absolute Gasteiger partial charge is 0.395 e. The monoisotopic (exact) mass is 286 g/mol. The molecular formula is C11H12BrFN2O. The van der Waals surface area contributed by atoms with Gasteiger partial charge in [-0.05, 0) is 25.1 Å². The van der Waals surface area contributed by atoms with E-state index in [1.807, 2.05) is 6.07 Å². The Labute approximate surface area is 102 Å². The smallest absolute Gasteiger partial charge is 0.132 e. The molecule has 0 radical (unpaired) electrons. The number of nitrogens with one attached hydrogen (secondary N) is 1. The van der Waals surface area contributed by atoms with E-state index < -0.39 is 11.4 Å². The van der Waals surface area contributed by atoms with Gasteiger partial charge in [0.2, 0.25) is 0 Å². The Hall–Kier alpha value is -0.960. The Kier molecular flexibility index (Phi) is 4.42. The minimum atomic E-state index is -1.14. The van der Waals surface area contributed by atoms with Gasteiger partial charge in [-0.15, -0.1) is 0 Å². The number of nitrogens with zero attached hydrogens (tertiary/aromatic N) is 1. The van der Waals surface area contributed by atoms with Crippen LogP contribution in [-0.2, 0) is 5.54 Å². The second kappa shape index (κ2) is 5.39. The van der Waals surface area contributed by atoms with Gasteiger partial charge in [0.25, 0.3) is 0 Å². The first-order valence-electron chi connectivity index (χ1n) is 4.76. The summed E-state index contributed by atoms with van der Waals surface area (Å²) in [6.45, 7) is 1.70. The number of aliphatic hydroxyl groups excluding tert-OH is 1. The Morgan fingerprint density at radius 1 is 1.62 bits per heavy atom. The Balaban J connectivity index is 3.12. The first kappa shape index (κ1) is 13.1. The van der Waals surface area contributed by atoms with E-state index in [2.05, 4.69) is 21.2 Å². The van der Waals surface area contributed by atoms with Gasteiger partial charge in [-0.3, -0.25) is 5.32 Å². The predicted molar refractivity (Wildman–Crippen MR) is 62.2 cm³/mol. The maximum Gasteiger partial charge on any atom is 0.132 e. The molecule has 3 nitrogen and oxygen atoms in total. The predicted octanol–water partition coefficient (Wildman–Crippen LogP) is 1.91. The van der Waals surface area contributed by atoms with E-state index in [-0.39, 0.29) is 18.7 Å². The van der Waals surface area contributed by atoms with Crippen LogP contribution < -0.4 is 5.32 Å². The Bertz CT molecular complexity index is 419. The van der Waals surface area contributed by atoms with Crippen LogP contribution in [-0.4, -0.2) is 18.3 Å². The highest BCUT2D eigenvalue weighted by molar-refractivity contribution is 9.10. The summed E-state index contributed by atoms with van der Waals surface area (Å²) in [4.78, 5) is 0. The molecule has 5 heteroatoms. The molecule has 0 aliphatic heterocycles. The van der Waals surface area contributed by atoms with E-state index >= 15 is 0 Å². The molecule has 16 heavy (non-hydrogen) atoms. The molecule has 1 rings (SSSR count). The normalized spacial score (nSPS) is 14.2. The summed E-state index contributed by atoms with van der Waals surface area (Å²) in [6, 6.07) is 6.45. The third-order valence-electron chi connectivity index (χ3n) is 2.28. The molecule has 0 bridgehead atoms. The molecule has 0 saturated heterocycles. The molecule has 0 aromatic heterocycles. The van der Waals surface area contributed by atoms with Crippen molar-refractivity contribution < 1.29 is 9.50 Å². The van der Waals surface area contributed by atoms with Crippen molar-refractivity contribution in [2.75, 3.05) is 13.2 Å². The number of hydrogen-bond acceptors (Lipinski definition) is 3. The highest BCUT2D eigenvalue weighted by Crippen LogP contribution is 2.26. The van der Waals surface area contributed by atoms with Gasteiger partial charge in [0, 0.05) is 16.6 Å². The molecule has 1 atom stereocenters. The fourth-order valence-electron chi connectivity index (χ4n) is 1.38. The lowest BCUT2D eigenvalue weighted by molar-refractivity contribution is 0.275. The molecule has 0 fully saturated rings. The van der Waals surface area contributed by atoms with Crippen LogP contribution in [0.15, 0.2) is 22.7 Å². The van der Waals surface area contributed by atoms with Crippen molar-refractivity contribution >= 4 is 15.9 Å². The van der Waals surface area contributed by atoms with Crippen LogP contribution in [0.1, 0.15) is 12.5 Å². The maximum atomic E-state index is 13.6. The topological polar surface area (TPSA) is 56.0 Å². The first-order valence-corrected chi connectivity index (χ1v) is 5.55. The van der Waals surface area contributed by atoms with E-state index in [4.69, 9.17) is 10.4 Å². The highest BCUT2D eigenvalue weighted by Gasteiger charge is 2.28. The molecule has 0 aliphatic carbocycles. The van der Waals surface area contributed by atoms with Gasteiger partial charge in [-0.25, -0.2) is 4.39 Å². The van der Waals surface area contributed by atoms with E-state index in [0.717, 1.165) is 0 Å². The third kappa shape index (κ3) is 2.79. The number of aliphatic hydroxyl groups is 1. The average Bonchev–Trinajstić information content (AvgIpc) is 2.29. The second-order valence-electron chi connectivity index (χ2n) is 3.51. The van der Waals surface area contributed by atoms with Crippen LogP contribution in [0.3, 0.4) is 0 Å². The molecule has 1 aromatic rings. The van der Waals surface area contributed by atoms with E-state index in [1.54, 1.807) is 19.1 Å². The van der Waals surface area contributed by atoms with Crippen LogP contribution in [0.4, 0.5) is 4.39 Å². The van der Waals surface area contributed by atoms with Gasteiger partial charge in [0.05, 0.1) is 12.7 Å². The number of halogens is 2. The van der Waals surface area contributed by atoms with Crippen molar-refractivity contribution in [3.8, 4) is 6.07 Å². The van der Waals surface area contributed by atoms with E-state index in [0.29, 0.717) is 4.47 Å². The first-order chi connectivity index (χ1) is 7.53. The summed E-state index contributed by atoms with van der Waals surface area (Å²) < 4.78 is 14.3. The van der Waals surface area contributed by atoms with Gasteiger partial charge < -0.3 is 5.11 Å². The van der Waals surface area contributed by atoms with Crippen LogP contribution in [0, 0.1) is 17.1 Å². The zero-order chi connectivity index (χ0) is 12.2. The van der Waals surface area contributed by atoms with Crippen LogP contribution in [0.5, 0.6) is 0 Å². The summed E-state index contributed by atoms with van der Waals surface area (Å²) in [5.41, 5.74) is -0.880. The number of nitriles is 1. The zero-order valence-electron chi connectivity index (χ0n) is 8.80. The molecule has 0 saturated carbocycles. The van der Waals surface area contributed by atoms with Gasteiger partial charge >= 0.3 is 0 Å². The molecule has 0 amide bonds. The minimum absolute atomic E-state index is 0.104. The average molecular weight is 287 g/mol. The van der Waals surface area contributed by atoms with Crippen molar-refractivity contribution in [1.82, 2.24) is 5.32 Å². The molecule has 0 spiro atoms. The summed E-state index contributed by atoms with van der Waals surface area (Å²) in [7, 11) is 0. The van der Waals surface area contributed by atoms with Gasteiger partial charge in [0.15, 0.2) is 0 Å². The van der Waals surface area contributed by atoms with Crippen molar-refractivity contribution in [1.29, 1.82) is 5.26 Å². The number of benzene rings is 1. The van der Waals surface area contributed by atoms with Crippen molar-refractivity contribution in [2.45, 2.75) is 12.5 Å². The van der Waals surface area contributed by atoms with Crippen molar-refractivity contribution in [3.63, 3.8) is 0 Å². The molecule has 1 aromatic carbocycles. The molecule has 0 aliphatic rings. The number of rotatable bonds is 4. The molecule has 86 valence electrons. The summed E-state index contributed by atoms with van der Waals surface area (Å²) in [5, 5.41) is 20.6. The molecular weight excluding hydrogens is 275 g/mol. The molecule has 1 unspecified atom stereocenters. The van der Waals surface area contributed by atoms with Crippen LogP contribution >= 0.6 is 15.9 Å². The Morgan fingerprint density at radius 2 is 2.31 bits per heavy atom. The second-order valence-corrected chi connectivity index (χ2v) is 4.43. The van der Waals surface area contributed by atoms with Gasteiger partial charge in [-0.2, -0.15) is 5.26 Å². The number of hydrogen-bond donors (Lipinski definition) is 2. The summed E-state index contributed by atoms with van der Waals surface area (Å²) >= 11 is 3.23. The molecule has 2 N–H and O–H groups in total. The fraction of sp³-hybridized carbons (Fsp3) is 0.364. The summed E-state index contributed by atoms with van der Waals surface area (Å²) in [5.74, 6) is -0.447. The quantitative estimate of drug-likeness (QED) is 0.889. The summed E-state index contributed by atoms with van der Waals surface area (Å²) in [6.07, 6.45) is 0. The SMILES string of the molecule is CC(C#N)(NCCO)c1cc(Br)ccc1F. The van der Waals surface area contributed by atoms with Gasteiger partial charge in [-0.1, -0.05) is 15.9 Å². The maximum absolute atomic E-state index is 13.6. The van der Waals surface area contributed by atoms with E-state index in [1.165, 1.54) is 6.07 Å². The fourth-order valence-corrected chi connectivity index (χ4v) is 1.74. The third-order valence-corrected chi connectivity index (χ3v) is 2.77. The standard InChI is InChI=1S/C11H12BrFN2O/c1-11(7-14,15-4-5-16)9-6-8(12)2-3-10(9)13/h2-3,6,15-16H,4-5H2,1H3. The lowest BCUT2D eigenvalue weighted by Gasteiger charge is -2.24. The Morgan fingerprint density at radius 3 is 2.88 bits per heavy atom. The van der Waals surface area contributed by atoms with Gasteiger partial charge in [0.1, 0.15) is 11.4 Å². The lowest BCUT2D eigenvalue weighted by atomic mass is 9.93. The van der Waals surface area contributed by atoms with Crippen LogP contribution in [0.25, 0.3) is 0 Å². The zero-order valence-corrected chi connectivity index (χ0v) is 10.4. The van der Waals surface area contributed by atoms with Crippen molar-refractivity contribution in [2.24, 2.45) is 0 Å². The molecule has 0 heterocycles. The van der Waals surface area contributed by atoms with Crippen molar-refractivity contribution in [3.05, 3.63) is 34.1 Å². The highest BCUT2D eigenvalue weighted by atomic mass is 79.9. The lowest BCUT2D eigenvalue weighted by Crippen LogP contribution is -2.40. The van der Waals surface area contributed by atoms with Crippen LogP contribution in [0.2, 0.25) is 0 Å².